The van der Waals surface area contributed by atoms with Crippen LogP contribution in [-0.4, -0.2) is 19.2 Å². The summed E-state index contributed by atoms with van der Waals surface area (Å²) in [5, 5.41) is 3.42. The molecule has 1 N–H and O–H groups in total. The normalized spacial score (nSPS) is 13.4. The maximum absolute atomic E-state index is 5.87. The average Bonchev–Trinajstić information content (AvgIpc) is 2.34. The molecular formula is C15H23NO. The second kappa shape index (κ2) is 8.04. The quantitative estimate of drug-likeness (QED) is 0.729. The maximum atomic E-state index is 5.87. The van der Waals surface area contributed by atoms with Crippen LogP contribution < -0.4 is 5.32 Å². The van der Waals surface area contributed by atoms with Gasteiger partial charge in [-0.1, -0.05) is 56.3 Å². The fourth-order valence-electron chi connectivity index (χ4n) is 1.55. The number of benzene rings is 1. The van der Waals surface area contributed by atoms with Crippen LogP contribution in [0.15, 0.2) is 42.5 Å². The third-order valence-electron chi connectivity index (χ3n) is 2.51. The summed E-state index contributed by atoms with van der Waals surface area (Å²) in [5.74, 6) is 0. The second-order valence-electron chi connectivity index (χ2n) is 4.36. The molecule has 1 aromatic carbocycles. The molecule has 2 nitrogen and oxygen atoms in total. The number of hydrogen-bond acceptors (Lipinski definition) is 2. The molecule has 0 spiro atoms. The zero-order valence-electron chi connectivity index (χ0n) is 11.0. The van der Waals surface area contributed by atoms with E-state index in [0.29, 0.717) is 12.6 Å². The molecule has 0 bridgehead atoms. The molecule has 0 aliphatic rings. The Labute approximate surface area is 105 Å². The topological polar surface area (TPSA) is 21.3 Å². The first kappa shape index (κ1) is 13.9. The number of hydrogen-bond donors (Lipinski definition) is 1. The highest BCUT2D eigenvalue weighted by atomic mass is 16.5. The summed E-state index contributed by atoms with van der Waals surface area (Å²) in [4.78, 5) is 0. The molecule has 17 heavy (non-hydrogen) atoms. The van der Waals surface area contributed by atoms with E-state index in [1.165, 1.54) is 5.56 Å². The fraction of sp³-hybridized carbons (Fsp3) is 0.467. The summed E-state index contributed by atoms with van der Waals surface area (Å²) in [6.45, 7) is 7.81. The van der Waals surface area contributed by atoms with Gasteiger partial charge in [-0.25, -0.2) is 0 Å². The SMILES string of the molecule is CC=CCOC(CNC(C)C)c1ccccc1. The molecule has 0 amide bonds. The van der Waals surface area contributed by atoms with Crippen molar-refractivity contribution in [3.8, 4) is 0 Å². The van der Waals surface area contributed by atoms with Crippen molar-refractivity contribution >= 4 is 0 Å². The van der Waals surface area contributed by atoms with Crippen LogP contribution in [0.5, 0.6) is 0 Å². The van der Waals surface area contributed by atoms with Gasteiger partial charge < -0.3 is 10.1 Å². The van der Waals surface area contributed by atoms with Gasteiger partial charge in [0.25, 0.3) is 0 Å². The lowest BCUT2D eigenvalue weighted by Gasteiger charge is -2.19. The van der Waals surface area contributed by atoms with Crippen molar-refractivity contribution in [1.29, 1.82) is 0 Å². The lowest BCUT2D eigenvalue weighted by Crippen LogP contribution is -2.29. The third kappa shape index (κ3) is 5.66. The van der Waals surface area contributed by atoms with Crippen molar-refractivity contribution in [1.82, 2.24) is 5.32 Å². The predicted molar refractivity (Wildman–Crippen MR) is 73.1 cm³/mol. The van der Waals surface area contributed by atoms with E-state index in [4.69, 9.17) is 4.74 Å². The Bertz CT molecular complexity index is 319. The fourth-order valence-corrected chi connectivity index (χ4v) is 1.55. The standard InChI is InChI=1S/C15H23NO/c1-4-5-11-17-15(12-16-13(2)3)14-9-7-6-8-10-14/h4-10,13,15-16H,11-12H2,1-3H3. The smallest absolute Gasteiger partial charge is 0.0953 e. The minimum absolute atomic E-state index is 0.120. The molecule has 0 aliphatic heterocycles. The van der Waals surface area contributed by atoms with Crippen molar-refractivity contribution in [2.45, 2.75) is 32.9 Å². The molecule has 0 heterocycles. The van der Waals surface area contributed by atoms with Gasteiger partial charge in [0.2, 0.25) is 0 Å². The van der Waals surface area contributed by atoms with Crippen LogP contribution in [0.3, 0.4) is 0 Å². The van der Waals surface area contributed by atoms with E-state index >= 15 is 0 Å². The summed E-state index contributed by atoms with van der Waals surface area (Å²) in [5.41, 5.74) is 1.23. The van der Waals surface area contributed by atoms with Crippen LogP contribution >= 0.6 is 0 Å². The molecule has 0 saturated heterocycles. The monoisotopic (exact) mass is 233 g/mol. The van der Waals surface area contributed by atoms with Gasteiger partial charge in [-0.15, -0.1) is 0 Å². The summed E-state index contributed by atoms with van der Waals surface area (Å²) < 4.78 is 5.87. The zero-order chi connectivity index (χ0) is 12.5. The summed E-state index contributed by atoms with van der Waals surface area (Å²) in [7, 11) is 0. The highest BCUT2D eigenvalue weighted by molar-refractivity contribution is 5.18. The van der Waals surface area contributed by atoms with Gasteiger partial charge in [-0.2, -0.15) is 0 Å². The Morgan fingerprint density at radius 3 is 2.53 bits per heavy atom. The van der Waals surface area contributed by atoms with Gasteiger partial charge >= 0.3 is 0 Å². The Balaban J connectivity index is 2.58. The van der Waals surface area contributed by atoms with E-state index in [2.05, 4.69) is 43.4 Å². The van der Waals surface area contributed by atoms with Gasteiger partial charge in [0.15, 0.2) is 0 Å². The third-order valence-corrected chi connectivity index (χ3v) is 2.51. The van der Waals surface area contributed by atoms with Gasteiger partial charge in [0.05, 0.1) is 12.7 Å². The van der Waals surface area contributed by atoms with E-state index in [0.717, 1.165) is 6.54 Å². The highest BCUT2D eigenvalue weighted by Gasteiger charge is 2.11. The largest absolute Gasteiger partial charge is 0.368 e. The molecular weight excluding hydrogens is 210 g/mol. The van der Waals surface area contributed by atoms with Crippen LogP contribution in [0.2, 0.25) is 0 Å². The maximum Gasteiger partial charge on any atom is 0.0953 e. The van der Waals surface area contributed by atoms with E-state index in [1.54, 1.807) is 0 Å². The van der Waals surface area contributed by atoms with Crippen molar-refractivity contribution in [3.63, 3.8) is 0 Å². The van der Waals surface area contributed by atoms with E-state index < -0.39 is 0 Å². The predicted octanol–water partition coefficient (Wildman–Crippen LogP) is 3.32. The lowest BCUT2D eigenvalue weighted by atomic mass is 10.1. The Hall–Kier alpha value is -1.12. The first-order chi connectivity index (χ1) is 8.24. The molecule has 94 valence electrons. The first-order valence-electron chi connectivity index (χ1n) is 6.25. The van der Waals surface area contributed by atoms with Crippen molar-refractivity contribution < 1.29 is 4.74 Å². The Kier molecular flexibility index (Phi) is 6.60. The van der Waals surface area contributed by atoms with Crippen LogP contribution in [0.1, 0.15) is 32.4 Å². The molecule has 2 heteroatoms. The zero-order valence-corrected chi connectivity index (χ0v) is 11.0. The summed E-state index contributed by atoms with van der Waals surface area (Å²) in [6, 6.07) is 10.8. The number of rotatable bonds is 7. The molecule has 1 aromatic rings. The minimum atomic E-state index is 0.120. The van der Waals surface area contributed by atoms with Gasteiger partial charge in [0.1, 0.15) is 0 Å². The van der Waals surface area contributed by atoms with E-state index in [-0.39, 0.29) is 6.10 Å². The van der Waals surface area contributed by atoms with Crippen LogP contribution in [0.25, 0.3) is 0 Å². The highest BCUT2D eigenvalue weighted by Crippen LogP contribution is 2.16. The second-order valence-corrected chi connectivity index (χ2v) is 4.36. The lowest BCUT2D eigenvalue weighted by molar-refractivity contribution is 0.0722. The molecule has 1 unspecified atom stereocenters. The summed E-state index contributed by atoms with van der Waals surface area (Å²) in [6.07, 6.45) is 4.17. The Morgan fingerprint density at radius 1 is 1.24 bits per heavy atom. The van der Waals surface area contributed by atoms with E-state index in [9.17, 15) is 0 Å². The Morgan fingerprint density at radius 2 is 1.94 bits per heavy atom. The number of nitrogens with one attached hydrogen (secondary N) is 1. The molecule has 0 fully saturated rings. The first-order valence-corrected chi connectivity index (χ1v) is 6.25. The molecule has 1 rings (SSSR count). The average molecular weight is 233 g/mol. The number of ether oxygens (including phenoxy) is 1. The molecule has 0 saturated carbocycles. The minimum Gasteiger partial charge on any atom is -0.368 e. The summed E-state index contributed by atoms with van der Waals surface area (Å²) >= 11 is 0. The molecule has 0 aromatic heterocycles. The van der Waals surface area contributed by atoms with Crippen molar-refractivity contribution in [2.75, 3.05) is 13.2 Å². The molecule has 1 atom stereocenters. The molecule has 0 aliphatic carbocycles. The van der Waals surface area contributed by atoms with Crippen molar-refractivity contribution in [3.05, 3.63) is 48.0 Å². The van der Waals surface area contributed by atoms with Crippen LogP contribution in [0.4, 0.5) is 0 Å². The van der Waals surface area contributed by atoms with Gasteiger partial charge in [-0.05, 0) is 12.5 Å². The van der Waals surface area contributed by atoms with E-state index in [1.807, 2.05) is 25.1 Å². The van der Waals surface area contributed by atoms with Crippen LogP contribution in [-0.2, 0) is 4.74 Å². The van der Waals surface area contributed by atoms with Crippen molar-refractivity contribution in [2.24, 2.45) is 0 Å². The van der Waals surface area contributed by atoms with Crippen LogP contribution in [0, 0.1) is 0 Å². The number of allylic oxidation sites excluding steroid dienone is 1. The van der Waals surface area contributed by atoms with Gasteiger partial charge in [0, 0.05) is 12.6 Å². The molecule has 0 radical (unpaired) electrons. The van der Waals surface area contributed by atoms with Gasteiger partial charge in [-0.3, -0.25) is 0 Å².